The number of aldehydes is 1. The average Bonchev–Trinajstić information content (AvgIpc) is 2.81. The van der Waals surface area contributed by atoms with Crippen molar-refractivity contribution in [1.82, 2.24) is 15.0 Å². The number of piperidine rings is 1. The van der Waals surface area contributed by atoms with Crippen LogP contribution >= 0.6 is 12.6 Å². The SMILES string of the molecule is CNc1cnccc1N1CCCCC1.Nc1ccc(-c2ccc(S)cn2)nc1C=O. The number of aromatic nitrogens is 3. The molecule has 30 heavy (non-hydrogen) atoms. The number of nitrogens with two attached hydrogens (primary N) is 1. The normalized spacial score (nSPS) is 13.2. The van der Waals surface area contributed by atoms with Crippen molar-refractivity contribution in [3.05, 3.63) is 54.6 Å². The number of nitrogen functional groups attached to an aromatic ring is 1. The van der Waals surface area contributed by atoms with Gasteiger partial charge in [0.15, 0.2) is 6.29 Å². The van der Waals surface area contributed by atoms with Crippen LogP contribution < -0.4 is 16.0 Å². The van der Waals surface area contributed by atoms with Crippen LogP contribution in [-0.2, 0) is 0 Å². The van der Waals surface area contributed by atoms with Crippen molar-refractivity contribution in [2.75, 3.05) is 36.1 Å². The number of nitrogens with one attached hydrogen (secondary N) is 1. The zero-order valence-electron chi connectivity index (χ0n) is 17.0. The van der Waals surface area contributed by atoms with E-state index in [4.69, 9.17) is 5.73 Å². The maximum absolute atomic E-state index is 10.7. The smallest absolute Gasteiger partial charge is 0.170 e. The Balaban J connectivity index is 0.000000172. The first-order chi connectivity index (χ1) is 14.6. The van der Waals surface area contributed by atoms with Crippen LogP contribution in [0.2, 0.25) is 0 Å². The van der Waals surface area contributed by atoms with Gasteiger partial charge in [0.1, 0.15) is 5.69 Å². The lowest BCUT2D eigenvalue weighted by Crippen LogP contribution is -2.29. The zero-order valence-corrected chi connectivity index (χ0v) is 17.8. The summed E-state index contributed by atoms with van der Waals surface area (Å²) in [5, 5.41) is 3.19. The minimum Gasteiger partial charge on any atom is -0.397 e. The highest BCUT2D eigenvalue weighted by Crippen LogP contribution is 2.26. The van der Waals surface area contributed by atoms with E-state index in [2.05, 4.69) is 43.9 Å². The van der Waals surface area contributed by atoms with E-state index in [1.807, 2.05) is 25.5 Å². The van der Waals surface area contributed by atoms with Crippen molar-refractivity contribution in [3.8, 4) is 11.4 Å². The summed E-state index contributed by atoms with van der Waals surface area (Å²) in [5.41, 5.74) is 9.90. The van der Waals surface area contributed by atoms with Crippen LogP contribution in [0.3, 0.4) is 0 Å². The number of carbonyl (C=O) groups excluding carboxylic acids is 1. The largest absolute Gasteiger partial charge is 0.397 e. The van der Waals surface area contributed by atoms with Crippen molar-refractivity contribution in [3.63, 3.8) is 0 Å². The van der Waals surface area contributed by atoms with Crippen molar-refractivity contribution in [1.29, 1.82) is 0 Å². The summed E-state index contributed by atoms with van der Waals surface area (Å²) in [6.45, 7) is 2.36. The summed E-state index contributed by atoms with van der Waals surface area (Å²) in [6, 6.07) is 9.06. The molecular weight excluding hydrogens is 396 g/mol. The molecule has 0 atom stereocenters. The molecule has 1 aliphatic rings. The molecule has 0 aliphatic carbocycles. The number of anilines is 3. The number of thiol groups is 1. The fourth-order valence-electron chi connectivity index (χ4n) is 3.25. The van der Waals surface area contributed by atoms with Crippen LogP contribution in [0.1, 0.15) is 29.8 Å². The molecule has 0 spiro atoms. The van der Waals surface area contributed by atoms with Crippen molar-refractivity contribution in [2.45, 2.75) is 24.2 Å². The van der Waals surface area contributed by atoms with E-state index in [1.54, 1.807) is 24.4 Å². The van der Waals surface area contributed by atoms with Crippen LogP contribution in [0.25, 0.3) is 11.4 Å². The molecule has 1 aliphatic heterocycles. The fourth-order valence-corrected chi connectivity index (χ4v) is 3.38. The van der Waals surface area contributed by atoms with Gasteiger partial charge in [0.25, 0.3) is 0 Å². The zero-order chi connectivity index (χ0) is 21.3. The minimum absolute atomic E-state index is 0.231. The van der Waals surface area contributed by atoms with Crippen LogP contribution in [0.4, 0.5) is 17.1 Å². The highest BCUT2D eigenvalue weighted by Gasteiger charge is 2.13. The predicted molar refractivity (Wildman–Crippen MR) is 124 cm³/mol. The predicted octanol–water partition coefficient (Wildman–Crippen LogP) is 3.94. The molecular formula is C22H26N6OS. The van der Waals surface area contributed by atoms with Gasteiger partial charge in [-0.15, -0.1) is 12.6 Å². The molecule has 3 aromatic rings. The van der Waals surface area contributed by atoms with Crippen LogP contribution in [-0.4, -0.2) is 41.4 Å². The summed E-state index contributed by atoms with van der Waals surface area (Å²) in [7, 11) is 1.95. The Morgan fingerprint density at radius 3 is 2.50 bits per heavy atom. The number of hydrogen-bond acceptors (Lipinski definition) is 8. The number of carbonyl (C=O) groups is 1. The Morgan fingerprint density at radius 1 is 1.07 bits per heavy atom. The van der Waals surface area contributed by atoms with Crippen molar-refractivity contribution in [2.24, 2.45) is 0 Å². The second kappa shape index (κ2) is 10.6. The lowest BCUT2D eigenvalue weighted by molar-refractivity contribution is 0.112. The lowest BCUT2D eigenvalue weighted by Gasteiger charge is -2.30. The molecule has 1 fully saturated rings. The Labute approximate surface area is 182 Å². The molecule has 0 radical (unpaired) electrons. The van der Waals surface area contributed by atoms with Crippen LogP contribution in [0.15, 0.2) is 53.8 Å². The van der Waals surface area contributed by atoms with E-state index in [1.165, 1.54) is 38.0 Å². The third kappa shape index (κ3) is 5.48. The van der Waals surface area contributed by atoms with Gasteiger partial charge in [-0.25, -0.2) is 4.98 Å². The van der Waals surface area contributed by atoms with Gasteiger partial charge in [-0.2, -0.15) is 0 Å². The lowest BCUT2D eigenvalue weighted by atomic mass is 10.1. The van der Waals surface area contributed by atoms with Crippen molar-refractivity contribution < 1.29 is 4.79 Å². The van der Waals surface area contributed by atoms with Gasteiger partial charge < -0.3 is 16.0 Å². The summed E-state index contributed by atoms with van der Waals surface area (Å²) < 4.78 is 0. The topological polar surface area (TPSA) is 97.0 Å². The first kappa shape index (κ1) is 21.6. The third-order valence-electron chi connectivity index (χ3n) is 4.84. The molecule has 1 saturated heterocycles. The quantitative estimate of drug-likeness (QED) is 0.433. The number of rotatable bonds is 4. The van der Waals surface area contributed by atoms with E-state index >= 15 is 0 Å². The number of pyridine rings is 3. The highest BCUT2D eigenvalue weighted by atomic mass is 32.1. The van der Waals surface area contributed by atoms with E-state index in [0.29, 0.717) is 23.4 Å². The molecule has 3 aromatic heterocycles. The Bertz CT molecular complexity index is 974. The average molecular weight is 423 g/mol. The second-order valence-electron chi connectivity index (χ2n) is 6.88. The molecule has 4 heterocycles. The third-order valence-corrected chi connectivity index (χ3v) is 5.11. The molecule has 0 saturated carbocycles. The van der Waals surface area contributed by atoms with Crippen LogP contribution in [0.5, 0.6) is 0 Å². The van der Waals surface area contributed by atoms with Gasteiger partial charge in [0.05, 0.1) is 34.6 Å². The summed E-state index contributed by atoms with van der Waals surface area (Å²) >= 11 is 4.14. The van der Waals surface area contributed by atoms with E-state index < -0.39 is 0 Å². The molecule has 0 unspecified atom stereocenters. The molecule has 8 heteroatoms. The summed E-state index contributed by atoms with van der Waals surface area (Å²) in [4.78, 5) is 26.3. The van der Waals surface area contributed by atoms with Crippen molar-refractivity contribution >= 4 is 36.0 Å². The minimum atomic E-state index is 0.231. The molecule has 0 amide bonds. The van der Waals surface area contributed by atoms with E-state index in [9.17, 15) is 4.79 Å². The number of nitrogens with zero attached hydrogens (tertiary/aromatic N) is 4. The maximum Gasteiger partial charge on any atom is 0.170 e. The first-order valence-corrected chi connectivity index (χ1v) is 10.3. The fraction of sp³-hybridized carbons (Fsp3) is 0.273. The Morgan fingerprint density at radius 2 is 1.83 bits per heavy atom. The maximum atomic E-state index is 10.7. The monoisotopic (exact) mass is 422 g/mol. The summed E-state index contributed by atoms with van der Waals surface area (Å²) in [5.74, 6) is 0. The number of hydrogen-bond donors (Lipinski definition) is 3. The van der Waals surface area contributed by atoms with Crippen LogP contribution in [0, 0.1) is 0 Å². The molecule has 0 bridgehead atoms. The van der Waals surface area contributed by atoms with Gasteiger partial charge in [-0.05, 0) is 49.6 Å². The second-order valence-corrected chi connectivity index (χ2v) is 7.40. The van der Waals surface area contributed by atoms with Gasteiger partial charge in [-0.3, -0.25) is 14.8 Å². The Kier molecular flexibility index (Phi) is 7.62. The van der Waals surface area contributed by atoms with Gasteiger partial charge in [0, 0.05) is 37.4 Å². The standard InChI is InChI=1S/C11H9N3OS.C11H17N3/c12-8-2-4-10(14-11(8)6-15)9-3-1-7(16)5-13-9;1-12-10-9-13-6-5-11(10)14-7-3-2-4-8-14/h1-6,16H,12H2;5-6,9,12H,2-4,7-8H2,1H3. The first-order valence-electron chi connectivity index (χ1n) is 9.86. The summed E-state index contributed by atoms with van der Waals surface area (Å²) in [6.07, 6.45) is 10.0. The molecule has 3 N–H and O–H groups in total. The van der Waals surface area contributed by atoms with E-state index in [0.717, 1.165) is 10.6 Å². The van der Waals surface area contributed by atoms with E-state index in [-0.39, 0.29) is 5.69 Å². The van der Waals surface area contributed by atoms with Gasteiger partial charge >= 0.3 is 0 Å². The Hall–Kier alpha value is -3.13. The van der Waals surface area contributed by atoms with Gasteiger partial charge in [0.2, 0.25) is 0 Å². The molecule has 7 nitrogen and oxygen atoms in total. The molecule has 156 valence electrons. The molecule has 0 aromatic carbocycles. The highest BCUT2D eigenvalue weighted by molar-refractivity contribution is 7.80. The van der Waals surface area contributed by atoms with Gasteiger partial charge in [-0.1, -0.05) is 0 Å². The molecule has 4 rings (SSSR count).